The van der Waals surface area contributed by atoms with Gasteiger partial charge in [-0.3, -0.25) is 4.90 Å². The highest BCUT2D eigenvalue weighted by Crippen LogP contribution is 2.26. The summed E-state index contributed by atoms with van der Waals surface area (Å²) in [6.45, 7) is 8.05. The molecule has 3 nitrogen and oxygen atoms in total. The van der Waals surface area contributed by atoms with Crippen molar-refractivity contribution < 1.29 is 0 Å². The number of benzene rings is 1. The second-order valence-electron chi connectivity index (χ2n) is 4.91. The van der Waals surface area contributed by atoms with E-state index in [2.05, 4.69) is 28.9 Å². The summed E-state index contributed by atoms with van der Waals surface area (Å²) in [7, 11) is 0. The van der Waals surface area contributed by atoms with Crippen LogP contribution >= 0.6 is 0 Å². The largest absolute Gasteiger partial charge is 0.314 e. The number of rotatable bonds is 5. The van der Waals surface area contributed by atoms with Crippen LogP contribution in [0.4, 0.5) is 0 Å². The van der Waals surface area contributed by atoms with Gasteiger partial charge in [0.25, 0.3) is 0 Å². The summed E-state index contributed by atoms with van der Waals surface area (Å²) in [4.78, 5) is 2.51. The lowest BCUT2D eigenvalue weighted by atomic mass is 9.98. The number of nitriles is 1. The van der Waals surface area contributed by atoms with E-state index in [0.717, 1.165) is 44.6 Å². The van der Waals surface area contributed by atoms with Gasteiger partial charge >= 0.3 is 0 Å². The Labute approximate surface area is 115 Å². The van der Waals surface area contributed by atoms with Gasteiger partial charge in [0.15, 0.2) is 0 Å². The molecule has 1 aliphatic rings. The van der Waals surface area contributed by atoms with E-state index in [0.29, 0.717) is 6.04 Å². The molecule has 100 valence electrons. The minimum Gasteiger partial charge on any atom is -0.314 e. The second kappa shape index (κ2) is 7.08. The fraction of sp³-hybridized carbons (Fsp3) is 0.438. The van der Waals surface area contributed by atoms with Crippen LogP contribution in [0.5, 0.6) is 0 Å². The van der Waals surface area contributed by atoms with Crippen molar-refractivity contribution in [3.8, 4) is 6.07 Å². The van der Waals surface area contributed by atoms with E-state index in [1.807, 2.05) is 24.3 Å². The van der Waals surface area contributed by atoms with E-state index < -0.39 is 0 Å². The third kappa shape index (κ3) is 3.66. The van der Waals surface area contributed by atoms with Crippen LogP contribution in [0.3, 0.4) is 0 Å². The molecule has 0 saturated carbocycles. The molecule has 0 radical (unpaired) electrons. The van der Waals surface area contributed by atoms with E-state index >= 15 is 0 Å². The lowest BCUT2D eigenvalue weighted by molar-refractivity contribution is 0.166. The second-order valence-corrected chi connectivity index (χ2v) is 4.91. The van der Waals surface area contributed by atoms with Gasteiger partial charge < -0.3 is 5.32 Å². The van der Waals surface area contributed by atoms with Gasteiger partial charge in [0.2, 0.25) is 0 Å². The van der Waals surface area contributed by atoms with Gasteiger partial charge in [-0.1, -0.05) is 18.2 Å². The van der Waals surface area contributed by atoms with E-state index in [1.165, 1.54) is 5.56 Å². The Bertz CT molecular complexity index is 455. The van der Waals surface area contributed by atoms with Gasteiger partial charge in [0.05, 0.1) is 11.6 Å². The standard InChI is InChI=1S/C16H21N3/c1-2-3-7-16(19-10-8-18-9-11-19)15-6-4-5-14(12-15)13-17/h2,4-6,12,16,18H,1,3,7-11H2/t16-/m0/s1. The maximum absolute atomic E-state index is 9.04. The summed E-state index contributed by atoms with van der Waals surface area (Å²) in [6, 6.07) is 10.6. The predicted molar refractivity (Wildman–Crippen MR) is 77.8 cm³/mol. The fourth-order valence-electron chi connectivity index (χ4n) is 2.65. The molecule has 0 unspecified atom stereocenters. The maximum Gasteiger partial charge on any atom is 0.0991 e. The molecule has 1 fully saturated rings. The molecule has 1 N–H and O–H groups in total. The third-order valence-corrected chi connectivity index (χ3v) is 3.64. The Hall–Kier alpha value is -1.63. The predicted octanol–water partition coefficient (Wildman–Crippen LogP) is 2.47. The average Bonchev–Trinajstić information content (AvgIpc) is 2.49. The topological polar surface area (TPSA) is 39.1 Å². The van der Waals surface area contributed by atoms with Crippen molar-refractivity contribution in [1.82, 2.24) is 10.2 Å². The number of hydrogen-bond donors (Lipinski definition) is 1. The molecule has 3 heteroatoms. The minimum absolute atomic E-state index is 0.397. The van der Waals surface area contributed by atoms with E-state index in [9.17, 15) is 0 Å². The molecular weight excluding hydrogens is 234 g/mol. The zero-order valence-electron chi connectivity index (χ0n) is 11.3. The van der Waals surface area contributed by atoms with Crippen molar-refractivity contribution in [3.05, 3.63) is 48.0 Å². The summed E-state index contributed by atoms with van der Waals surface area (Å²) in [6.07, 6.45) is 4.05. The van der Waals surface area contributed by atoms with Crippen LogP contribution in [-0.2, 0) is 0 Å². The SMILES string of the molecule is C=CCC[C@@H](c1cccc(C#N)c1)N1CCNCC1. The molecule has 1 aromatic rings. The highest BCUT2D eigenvalue weighted by Gasteiger charge is 2.21. The number of nitrogens with one attached hydrogen (secondary N) is 1. The number of hydrogen-bond acceptors (Lipinski definition) is 3. The lowest BCUT2D eigenvalue weighted by Crippen LogP contribution is -2.45. The first kappa shape index (κ1) is 13.8. The van der Waals surface area contributed by atoms with E-state index in [4.69, 9.17) is 5.26 Å². The van der Waals surface area contributed by atoms with Gasteiger partial charge in [0, 0.05) is 32.2 Å². The molecule has 0 aromatic heterocycles. The molecule has 0 aliphatic carbocycles. The first-order valence-corrected chi connectivity index (χ1v) is 6.91. The highest BCUT2D eigenvalue weighted by atomic mass is 15.2. The van der Waals surface area contributed by atoms with Gasteiger partial charge in [-0.2, -0.15) is 5.26 Å². The molecular formula is C16H21N3. The molecule has 2 rings (SSSR count). The van der Waals surface area contributed by atoms with Crippen LogP contribution in [0.2, 0.25) is 0 Å². The van der Waals surface area contributed by atoms with Gasteiger partial charge in [-0.25, -0.2) is 0 Å². The van der Waals surface area contributed by atoms with Gasteiger partial charge in [0.1, 0.15) is 0 Å². The van der Waals surface area contributed by atoms with Crippen LogP contribution < -0.4 is 5.32 Å². The zero-order valence-corrected chi connectivity index (χ0v) is 11.3. The van der Waals surface area contributed by atoms with Crippen molar-refractivity contribution in [2.45, 2.75) is 18.9 Å². The molecule has 1 atom stereocenters. The first-order chi connectivity index (χ1) is 9.35. The highest BCUT2D eigenvalue weighted by molar-refractivity contribution is 5.34. The molecule has 0 spiro atoms. The van der Waals surface area contributed by atoms with E-state index in [-0.39, 0.29) is 0 Å². The Kier molecular flexibility index (Phi) is 5.14. The Morgan fingerprint density at radius 1 is 1.42 bits per heavy atom. The summed E-state index contributed by atoms with van der Waals surface area (Å²) in [5, 5.41) is 12.4. The Morgan fingerprint density at radius 3 is 2.89 bits per heavy atom. The molecule has 19 heavy (non-hydrogen) atoms. The van der Waals surface area contributed by atoms with Crippen LogP contribution in [0.1, 0.15) is 30.0 Å². The third-order valence-electron chi connectivity index (χ3n) is 3.64. The molecule has 1 aromatic carbocycles. The monoisotopic (exact) mass is 255 g/mol. The normalized spacial score (nSPS) is 17.6. The van der Waals surface area contributed by atoms with E-state index in [1.54, 1.807) is 0 Å². The van der Waals surface area contributed by atoms with Crippen LogP contribution in [-0.4, -0.2) is 31.1 Å². The maximum atomic E-state index is 9.04. The fourth-order valence-corrected chi connectivity index (χ4v) is 2.65. The molecule has 1 saturated heterocycles. The smallest absolute Gasteiger partial charge is 0.0991 e. The summed E-state index contributed by atoms with van der Waals surface area (Å²) in [5.74, 6) is 0. The van der Waals surface area contributed by atoms with Crippen molar-refractivity contribution in [2.24, 2.45) is 0 Å². The van der Waals surface area contributed by atoms with Crippen molar-refractivity contribution in [3.63, 3.8) is 0 Å². The van der Waals surface area contributed by atoms with Crippen molar-refractivity contribution >= 4 is 0 Å². The number of nitrogens with zero attached hydrogens (tertiary/aromatic N) is 2. The van der Waals surface area contributed by atoms with Gasteiger partial charge in [-0.15, -0.1) is 6.58 Å². The number of piperazine rings is 1. The molecule has 0 amide bonds. The van der Waals surface area contributed by atoms with Crippen LogP contribution in [0.15, 0.2) is 36.9 Å². The van der Waals surface area contributed by atoms with Crippen molar-refractivity contribution in [2.75, 3.05) is 26.2 Å². The summed E-state index contributed by atoms with van der Waals surface area (Å²) >= 11 is 0. The Morgan fingerprint density at radius 2 is 2.21 bits per heavy atom. The first-order valence-electron chi connectivity index (χ1n) is 6.91. The number of allylic oxidation sites excluding steroid dienone is 1. The zero-order chi connectivity index (χ0) is 13.5. The molecule has 0 bridgehead atoms. The van der Waals surface area contributed by atoms with Crippen molar-refractivity contribution in [1.29, 1.82) is 5.26 Å². The summed E-state index contributed by atoms with van der Waals surface area (Å²) < 4.78 is 0. The Balaban J connectivity index is 2.19. The molecule has 1 aliphatic heterocycles. The lowest BCUT2D eigenvalue weighted by Gasteiger charge is -2.35. The van der Waals surface area contributed by atoms with Crippen LogP contribution in [0, 0.1) is 11.3 Å². The average molecular weight is 255 g/mol. The summed E-state index contributed by atoms with van der Waals surface area (Å²) in [5.41, 5.74) is 2.00. The van der Waals surface area contributed by atoms with Gasteiger partial charge in [-0.05, 0) is 30.5 Å². The quantitative estimate of drug-likeness (QED) is 0.822. The molecule has 1 heterocycles. The minimum atomic E-state index is 0.397. The van der Waals surface area contributed by atoms with Crippen LogP contribution in [0.25, 0.3) is 0 Å².